The summed E-state index contributed by atoms with van der Waals surface area (Å²) in [5.41, 5.74) is 7.58. The highest BCUT2D eigenvalue weighted by atomic mass is 19.1. The fourth-order valence-corrected chi connectivity index (χ4v) is 2.29. The van der Waals surface area contributed by atoms with Crippen LogP contribution in [0, 0.1) is 5.82 Å². The van der Waals surface area contributed by atoms with Crippen LogP contribution in [0.1, 0.15) is 6.42 Å². The topological polar surface area (TPSA) is 55.0 Å². The van der Waals surface area contributed by atoms with E-state index in [0.717, 1.165) is 36.6 Å². The third-order valence-corrected chi connectivity index (χ3v) is 3.34. The Kier molecular flexibility index (Phi) is 3.13. The Hall–Kier alpha value is -2.01. The summed E-state index contributed by atoms with van der Waals surface area (Å²) in [7, 11) is 0. The zero-order valence-electron chi connectivity index (χ0n) is 10.5. The van der Waals surface area contributed by atoms with Gasteiger partial charge in [-0.05, 0) is 30.7 Å². The van der Waals surface area contributed by atoms with Crippen LogP contribution in [0.15, 0.2) is 36.7 Å². The lowest BCUT2D eigenvalue weighted by atomic mass is 10.1. The number of rotatable bonds is 2. The van der Waals surface area contributed by atoms with Gasteiger partial charge in [0.2, 0.25) is 0 Å². The maximum absolute atomic E-state index is 12.9. The van der Waals surface area contributed by atoms with Gasteiger partial charge in [0.05, 0.1) is 5.69 Å². The van der Waals surface area contributed by atoms with Crippen molar-refractivity contribution in [3.63, 3.8) is 0 Å². The first kappa shape index (κ1) is 12.0. The standard InChI is InChI=1S/C14H15FN4/c15-11-3-1-10(2-4-11)13-7-14(18-9-17-13)19-6-5-12(16)8-19/h1-4,7,9,12H,5-6,8,16H2/t12-/m0/s1. The number of anilines is 1. The first-order chi connectivity index (χ1) is 9.22. The Morgan fingerprint density at radius 3 is 2.68 bits per heavy atom. The monoisotopic (exact) mass is 258 g/mol. The zero-order chi connectivity index (χ0) is 13.2. The van der Waals surface area contributed by atoms with Gasteiger partial charge in [0.1, 0.15) is 18.0 Å². The van der Waals surface area contributed by atoms with E-state index in [1.54, 1.807) is 12.1 Å². The summed E-state index contributed by atoms with van der Waals surface area (Å²) in [4.78, 5) is 10.7. The fourth-order valence-electron chi connectivity index (χ4n) is 2.29. The third kappa shape index (κ3) is 2.56. The first-order valence-electron chi connectivity index (χ1n) is 6.31. The summed E-state index contributed by atoms with van der Waals surface area (Å²) >= 11 is 0. The SMILES string of the molecule is N[C@H]1CCN(c2cc(-c3ccc(F)cc3)ncn2)C1. The molecule has 1 aliphatic heterocycles. The minimum atomic E-state index is -0.247. The van der Waals surface area contributed by atoms with Crippen LogP contribution in [-0.2, 0) is 0 Å². The molecule has 0 spiro atoms. The van der Waals surface area contributed by atoms with Crippen molar-refractivity contribution in [3.8, 4) is 11.3 Å². The van der Waals surface area contributed by atoms with Crippen LogP contribution in [0.5, 0.6) is 0 Å². The van der Waals surface area contributed by atoms with Gasteiger partial charge in [-0.25, -0.2) is 14.4 Å². The molecule has 1 saturated heterocycles. The molecular weight excluding hydrogens is 243 g/mol. The van der Waals surface area contributed by atoms with Crippen molar-refractivity contribution in [1.29, 1.82) is 0 Å². The highest BCUT2D eigenvalue weighted by Crippen LogP contribution is 2.23. The van der Waals surface area contributed by atoms with Crippen LogP contribution in [0.25, 0.3) is 11.3 Å². The molecule has 1 aromatic heterocycles. The molecule has 5 heteroatoms. The van der Waals surface area contributed by atoms with Gasteiger partial charge in [-0.3, -0.25) is 0 Å². The number of benzene rings is 1. The van der Waals surface area contributed by atoms with E-state index in [9.17, 15) is 4.39 Å². The molecule has 1 atom stereocenters. The van der Waals surface area contributed by atoms with Gasteiger partial charge >= 0.3 is 0 Å². The molecule has 1 aromatic carbocycles. The molecule has 0 aliphatic carbocycles. The molecule has 0 bridgehead atoms. The average molecular weight is 258 g/mol. The van der Waals surface area contributed by atoms with Crippen molar-refractivity contribution in [2.45, 2.75) is 12.5 Å². The lowest BCUT2D eigenvalue weighted by Gasteiger charge is -2.17. The van der Waals surface area contributed by atoms with Crippen LogP contribution in [0.4, 0.5) is 10.2 Å². The van der Waals surface area contributed by atoms with E-state index in [0.29, 0.717) is 0 Å². The molecule has 1 fully saturated rings. The Balaban J connectivity index is 1.89. The highest BCUT2D eigenvalue weighted by molar-refractivity contribution is 5.62. The normalized spacial score (nSPS) is 18.8. The first-order valence-corrected chi connectivity index (χ1v) is 6.31. The quantitative estimate of drug-likeness (QED) is 0.892. The molecule has 0 amide bonds. The predicted molar refractivity (Wildman–Crippen MR) is 72.2 cm³/mol. The van der Waals surface area contributed by atoms with Gasteiger partial charge in [-0.1, -0.05) is 0 Å². The molecule has 19 heavy (non-hydrogen) atoms. The lowest BCUT2D eigenvalue weighted by Crippen LogP contribution is -2.26. The van der Waals surface area contributed by atoms with Gasteiger partial charge in [0.25, 0.3) is 0 Å². The molecule has 98 valence electrons. The maximum Gasteiger partial charge on any atom is 0.132 e. The van der Waals surface area contributed by atoms with Gasteiger partial charge in [0, 0.05) is 30.8 Å². The van der Waals surface area contributed by atoms with E-state index in [1.807, 2.05) is 6.07 Å². The number of aromatic nitrogens is 2. The average Bonchev–Trinajstić information content (AvgIpc) is 2.86. The number of nitrogens with two attached hydrogens (primary N) is 1. The fraction of sp³-hybridized carbons (Fsp3) is 0.286. The van der Waals surface area contributed by atoms with E-state index in [2.05, 4.69) is 14.9 Å². The van der Waals surface area contributed by atoms with E-state index in [-0.39, 0.29) is 11.9 Å². The van der Waals surface area contributed by atoms with Gasteiger partial charge < -0.3 is 10.6 Å². The minimum Gasteiger partial charge on any atom is -0.355 e. The van der Waals surface area contributed by atoms with Crippen molar-refractivity contribution in [2.24, 2.45) is 5.73 Å². The van der Waals surface area contributed by atoms with Crippen molar-refractivity contribution in [2.75, 3.05) is 18.0 Å². The second-order valence-electron chi connectivity index (χ2n) is 4.76. The van der Waals surface area contributed by atoms with Crippen molar-refractivity contribution >= 4 is 5.82 Å². The van der Waals surface area contributed by atoms with E-state index < -0.39 is 0 Å². The number of nitrogens with zero attached hydrogens (tertiary/aromatic N) is 3. The van der Waals surface area contributed by atoms with Gasteiger partial charge in [-0.2, -0.15) is 0 Å². The zero-order valence-corrected chi connectivity index (χ0v) is 10.5. The van der Waals surface area contributed by atoms with Crippen LogP contribution in [0.2, 0.25) is 0 Å². The van der Waals surface area contributed by atoms with Crippen molar-refractivity contribution < 1.29 is 4.39 Å². The Labute approximate surface area is 111 Å². The summed E-state index contributed by atoms with van der Waals surface area (Å²) in [6.45, 7) is 1.74. The van der Waals surface area contributed by atoms with Crippen LogP contribution >= 0.6 is 0 Å². The molecule has 0 radical (unpaired) electrons. The van der Waals surface area contributed by atoms with Crippen molar-refractivity contribution in [3.05, 3.63) is 42.5 Å². The second-order valence-corrected chi connectivity index (χ2v) is 4.76. The molecule has 4 nitrogen and oxygen atoms in total. The lowest BCUT2D eigenvalue weighted by molar-refractivity contribution is 0.628. The minimum absolute atomic E-state index is 0.212. The Bertz CT molecular complexity index is 570. The Morgan fingerprint density at radius 1 is 1.21 bits per heavy atom. The van der Waals surface area contributed by atoms with E-state index in [4.69, 9.17) is 5.73 Å². The summed E-state index contributed by atoms with van der Waals surface area (Å²) in [5, 5.41) is 0. The number of halogens is 1. The molecule has 1 aliphatic rings. The maximum atomic E-state index is 12.9. The largest absolute Gasteiger partial charge is 0.355 e. The summed E-state index contributed by atoms with van der Waals surface area (Å²) in [6.07, 6.45) is 2.52. The summed E-state index contributed by atoms with van der Waals surface area (Å²) < 4.78 is 12.9. The van der Waals surface area contributed by atoms with Crippen molar-refractivity contribution in [1.82, 2.24) is 9.97 Å². The molecule has 2 N–H and O–H groups in total. The predicted octanol–water partition coefficient (Wildman–Crippen LogP) is 1.82. The van der Waals surface area contributed by atoms with Crippen LogP contribution in [-0.4, -0.2) is 29.1 Å². The molecule has 3 rings (SSSR count). The molecular formula is C14H15FN4. The highest BCUT2D eigenvalue weighted by Gasteiger charge is 2.20. The van der Waals surface area contributed by atoms with Crippen LogP contribution in [0.3, 0.4) is 0 Å². The van der Waals surface area contributed by atoms with Gasteiger partial charge in [-0.15, -0.1) is 0 Å². The molecule has 2 heterocycles. The van der Waals surface area contributed by atoms with E-state index in [1.165, 1.54) is 18.5 Å². The number of hydrogen-bond acceptors (Lipinski definition) is 4. The van der Waals surface area contributed by atoms with Gasteiger partial charge in [0.15, 0.2) is 0 Å². The number of hydrogen-bond donors (Lipinski definition) is 1. The van der Waals surface area contributed by atoms with Crippen LogP contribution < -0.4 is 10.6 Å². The summed E-state index contributed by atoms with van der Waals surface area (Å²) in [5.74, 6) is 0.630. The summed E-state index contributed by atoms with van der Waals surface area (Å²) in [6, 6.07) is 8.44. The molecule has 2 aromatic rings. The molecule has 0 unspecified atom stereocenters. The second kappa shape index (κ2) is 4.93. The third-order valence-electron chi connectivity index (χ3n) is 3.34. The Morgan fingerprint density at radius 2 is 2.00 bits per heavy atom. The molecule has 0 saturated carbocycles. The van der Waals surface area contributed by atoms with E-state index >= 15 is 0 Å². The smallest absolute Gasteiger partial charge is 0.132 e.